The van der Waals surface area contributed by atoms with E-state index in [1.54, 1.807) is 30.3 Å². The molecule has 0 aromatic heterocycles. The third kappa shape index (κ3) is 7.04. The second kappa shape index (κ2) is 9.62. The van der Waals surface area contributed by atoms with Gasteiger partial charge in [0.15, 0.2) is 0 Å². The molecule has 0 aliphatic heterocycles. The van der Waals surface area contributed by atoms with Gasteiger partial charge in [0, 0.05) is 6.61 Å². The van der Waals surface area contributed by atoms with E-state index < -0.39 is 5.97 Å². The van der Waals surface area contributed by atoms with Gasteiger partial charge in [0.25, 0.3) is 0 Å². The van der Waals surface area contributed by atoms with Crippen LogP contribution in [-0.2, 0) is 0 Å². The maximum Gasteiger partial charge on any atom is 0.335 e. The average molecular weight is 253 g/mol. The van der Waals surface area contributed by atoms with Gasteiger partial charge >= 0.3 is 5.97 Å². The quantitative estimate of drug-likeness (QED) is 0.749. The van der Waals surface area contributed by atoms with Crippen molar-refractivity contribution in [3.63, 3.8) is 0 Å². The summed E-state index contributed by atoms with van der Waals surface area (Å²) in [5.74, 6) is 0.0733. The fourth-order valence-electron chi connectivity index (χ4n) is 1.43. The zero-order valence-electron chi connectivity index (χ0n) is 11.0. The number of nitrogens with two attached hydrogens (primary N) is 1. The molecule has 1 aromatic carbocycles. The highest BCUT2D eigenvalue weighted by atomic mass is 16.4. The Bertz CT molecular complexity index is 325. The molecular weight excluding hydrogens is 230 g/mol. The molecule has 4 heteroatoms. The molecule has 1 rings (SSSR count). The van der Waals surface area contributed by atoms with E-state index in [1.165, 1.54) is 0 Å². The Morgan fingerprint density at radius 3 is 2.06 bits per heavy atom. The summed E-state index contributed by atoms with van der Waals surface area (Å²) in [6.45, 7) is 5.17. The lowest BCUT2D eigenvalue weighted by Gasteiger charge is -2.16. The van der Waals surface area contributed by atoms with E-state index in [0.717, 1.165) is 6.42 Å². The minimum atomic E-state index is -0.879. The molecule has 18 heavy (non-hydrogen) atoms. The van der Waals surface area contributed by atoms with Crippen molar-refractivity contribution in [3.05, 3.63) is 35.9 Å². The Kier molecular flexibility index (Phi) is 8.88. The van der Waals surface area contributed by atoms with Crippen molar-refractivity contribution in [1.29, 1.82) is 0 Å². The van der Waals surface area contributed by atoms with Crippen LogP contribution in [0.5, 0.6) is 0 Å². The summed E-state index contributed by atoms with van der Waals surface area (Å²) >= 11 is 0. The van der Waals surface area contributed by atoms with Gasteiger partial charge < -0.3 is 15.9 Å². The molecular formula is C14H23NO3. The predicted octanol–water partition coefficient (Wildman–Crippen LogP) is 1.98. The summed E-state index contributed by atoms with van der Waals surface area (Å²) in [6, 6.07) is 8.30. The molecule has 0 radical (unpaired) electrons. The third-order valence-electron chi connectivity index (χ3n) is 2.74. The first-order valence-corrected chi connectivity index (χ1v) is 6.12. The molecule has 0 unspecified atom stereocenters. The number of aliphatic hydroxyl groups is 1. The lowest BCUT2D eigenvalue weighted by atomic mass is 9.94. The summed E-state index contributed by atoms with van der Waals surface area (Å²) < 4.78 is 0. The van der Waals surface area contributed by atoms with Crippen LogP contribution in [0.1, 0.15) is 30.6 Å². The lowest BCUT2D eigenvalue weighted by molar-refractivity contribution is 0.0697. The summed E-state index contributed by atoms with van der Waals surface area (Å²) in [7, 11) is 0. The summed E-state index contributed by atoms with van der Waals surface area (Å²) in [4.78, 5) is 10.2. The molecule has 0 aliphatic rings. The number of benzene rings is 1. The Morgan fingerprint density at radius 1 is 1.28 bits per heavy atom. The van der Waals surface area contributed by atoms with Gasteiger partial charge in [0.2, 0.25) is 0 Å². The molecule has 4 nitrogen and oxygen atoms in total. The molecule has 0 heterocycles. The van der Waals surface area contributed by atoms with Gasteiger partial charge in [-0.3, -0.25) is 0 Å². The highest BCUT2D eigenvalue weighted by Gasteiger charge is 2.09. The number of carboxylic acid groups (broad SMARTS) is 1. The maximum atomic E-state index is 10.2. The Labute approximate surface area is 108 Å². The van der Waals surface area contributed by atoms with Crippen molar-refractivity contribution >= 4 is 5.97 Å². The average Bonchev–Trinajstić information content (AvgIpc) is 2.37. The van der Waals surface area contributed by atoms with Crippen LogP contribution in [0.4, 0.5) is 0 Å². The topological polar surface area (TPSA) is 83.5 Å². The number of hydrogen-bond donors (Lipinski definition) is 3. The SMILES string of the molecule is CC(C)[C@H](CO)CCN.O=C(O)c1ccccc1. The largest absolute Gasteiger partial charge is 0.478 e. The van der Waals surface area contributed by atoms with Crippen molar-refractivity contribution in [2.45, 2.75) is 20.3 Å². The second-order valence-corrected chi connectivity index (χ2v) is 4.44. The van der Waals surface area contributed by atoms with Crippen LogP contribution in [0.3, 0.4) is 0 Å². The van der Waals surface area contributed by atoms with Crippen molar-refractivity contribution in [2.75, 3.05) is 13.2 Å². The first-order chi connectivity index (χ1) is 8.52. The van der Waals surface area contributed by atoms with E-state index >= 15 is 0 Å². The van der Waals surface area contributed by atoms with Crippen molar-refractivity contribution in [3.8, 4) is 0 Å². The second-order valence-electron chi connectivity index (χ2n) is 4.44. The molecule has 102 valence electrons. The van der Waals surface area contributed by atoms with Crippen LogP contribution in [0.2, 0.25) is 0 Å². The van der Waals surface area contributed by atoms with Gasteiger partial charge in [-0.25, -0.2) is 4.79 Å². The Hall–Kier alpha value is -1.39. The number of carbonyl (C=O) groups is 1. The van der Waals surface area contributed by atoms with Crippen LogP contribution in [-0.4, -0.2) is 29.3 Å². The maximum absolute atomic E-state index is 10.2. The minimum absolute atomic E-state index is 0.273. The molecule has 4 N–H and O–H groups in total. The van der Waals surface area contributed by atoms with Gasteiger partial charge in [-0.2, -0.15) is 0 Å². The molecule has 1 aromatic rings. The van der Waals surface area contributed by atoms with Crippen LogP contribution in [0.15, 0.2) is 30.3 Å². The zero-order chi connectivity index (χ0) is 14.0. The predicted molar refractivity (Wildman–Crippen MR) is 72.5 cm³/mol. The van der Waals surface area contributed by atoms with Crippen LogP contribution >= 0.6 is 0 Å². The molecule has 1 atom stereocenters. The molecule has 0 saturated heterocycles. The number of hydrogen-bond acceptors (Lipinski definition) is 3. The summed E-state index contributed by atoms with van der Waals surface area (Å²) in [5.41, 5.74) is 5.66. The van der Waals surface area contributed by atoms with Crippen LogP contribution < -0.4 is 5.73 Å². The lowest BCUT2D eigenvalue weighted by Crippen LogP contribution is -2.17. The van der Waals surface area contributed by atoms with Crippen molar-refractivity contribution in [1.82, 2.24) is 0 Å². The minimum Gasteiger partial charge on any atom is -0.478 e. The molecule has 0 amide bonds. The Balaban J connectivity index is 0.000000321. The Morgan fingerprint density at radius 2 is 1.83 bits per heavy atom. The van der Waals surface area contributed by atoms with Gasteiger partial charge in [0.05, 0.1) is 5.56 Å². The molecule has 0 aliphatic carbocycles. The first-order valence-electron chi connectivity index (χ1n) is 6.12. The van der Waals surface area contributed by atoms with E-state index in [9.17, 15) is 4.79 Å². The molecule has 0 bridgehead atoms. The first kappa shape index (κ1) is 16.6. The van der Waals surface area contributed by atoms with Crippen molar-refractivity contribution < 1.29 is 15.0 Å². The molecule has 0 saturated carbocycles. The molecule has 0 spiro atoms. The summed E-state index contributed by atoms with van der Waals surface area (Å²) in [5, 5.41) is 17.2. The molecule has 0 fully saturated rings. The van der Waals surface area contributed by atoms with Gasteiger partial charge in [-0.1, -0.05) is 32.0 Å². The van der Waals surface area contributed by atoms with E-state index in [-0.39, 0.29) is 6.61 Å². The zero-order valence-corrected chi connectivity index (χ0v) is 11.0. The standard InChI is InChI=1S/C7H17NO.C7H6O2/c1-6(2)7(5-9)3-4-8;8-7(9)6-4-2-1-3-5-6/h6-7,9H,3-5,8H2,1-2H3;1-5H,(H,8,9)/t7-;/m0./s1. The number of aliphatic hydroxyl groups excluding tert-OH is 1. The fraction of sp³-hybridized carbons (Fsp3) is 0.500. The number of carboxylic acids is 1. The third-order valence-corrected chi connectivity index (χ3v) is 2.74. The normalized spacial score (nSPS) is 11.6. The fourth-order valence-corrected chi connectivity index (χ4v) is 1.43. The number of aromatic carboxylic acids is 1. The van der Waals surface area contributed by atoms with Gasteiger partial charge in [-0.05, 0) is 36.9 Å². The van der Waals surface area contributed by atoms with Crippen LogP contribution in [0.25, 0.3) is 0 Å². The van der Waals surface area contributed by atoms with Crippen molar-refractivity contribution in [2.24, 2.45) is 17.6 Å². The van der Waals surface area contributed by atoms with E-state index in [1.807, 2.05) is 0 Å². The number of rotatable bonds is 5. The highest BCUT2D eigenvalue weighted by Crippen LogP contribution is 2.12. The van der Waals surface area contributed by atoms with Gasteiger partial charge in [0.1, 0.15) is 0 Å². The van der Waals surface area contributed by atoms with Crippen LogP contribution in [0, 0.1) is 11.8 Å². The monoisotopic (exact) mass is 253 g/mol. The van der Waals surface area contributed by atoms with E-state index in [0.29, 0.717) is 23.9 Å². The summed E-state index contributed by atoms with van der Waals surface area (Å²) in [6.07, 6.45) is 0.939. The van der Waals surface area contributed by atoms with Gasteiger partial charge in [-0.15, -0.1) is 0 Å². The van der Waals surface area contributed by atoms with E-state index in [2.05, 4.69) is 13.8 Å². The highest BCUT2D eigenvalue weighted by molar-refractivity contribution is 5.87. The smallest absolute Gasteiger partial charge is 0.335 e. The van der Waals surface area contributed by atoms with E-state index in [4.69, 9.17) is 15.9 Å².